The number of methoxy groups -OCH3 is 2. The maximum absolute atomic E-state index is 12.2. The molecule has 2 aromatic rings. The molecule has 1 heterocycles. The molecule has 1 amide bonds. The van der Waals surface area contributed by atoms with E-state index in [1.807, 2.05) is 18.2 Å². The molecule has 28 heavy (non-hydrogen) atoms. The van der Waals surface area contributed by atoms with Crippen LogP contribution in [0.3, 0.4) is 0 Å². The number of amides is 1. The Kier molecular flexibility index (Phi) is 6.19. The van der Waals surface area contributed by atoms with Crippen molar-refractivity contribution in [3.8, 4) is 23.3 Å². The molecule has 7 nitrogen and oxygen atoms in total. The number of nitrogens with zero attached hydrogens (tertiary/aromatic N) is 2. The zero-order valence-electron chi connectivity index (χ0n) is 15.3. The van der Waals surface area contributed by atoms with Crippen molar-refractivity contribution in [3.05, 3.63) is 52.9 Å². The van der Waals surface area contributed by atoms with Crippen LogP contribution < -0.4 is 19.5 Å². The summed E-state index contributed by atoms with van der Waals surface area (Å²) in [5.74, 6) is 1.47. The highest BCUT2D eigenvalue weighted by molar-refractivity contribution is 8.18. The van der Waals surface area contributed by atoms with E-state index >= 15 is 0 Å². The van der Waals surface area contributed by atoms with E-state index in [2.05, 4.69) is 10.3 Å². The Morgan fingerprint density at radius 2 is 1.93 bits per heavy atom. The lowest BCUT2D eigenvalue weighted by molar-refractivity contribution is -0.115. The second-order valence-electron chi connectivity index (χ2n) is 5.54. The molecule has 1 fully saturated rings. The number of nitrogens with one attached hydrogen (secondary N) is 1. The number of ether oxygens (including phenoxy) is 3. The van der Waals surface area contributed by atoms with Crippen LogP contribution >= 0.6 is 11.8 Å². The zero-order valence-corrected chi connectivity index (χ0v) is 16.1. The molecule has 0 unspecified atom stereocenters. The minimum atomic E-state index is -0.221. The fourth-order valence-corrected chi connectivity index (χ4v) is 3.25. The number of hydrogen-bond donors (Lipinski definition) is 1. The molecule has 0 aliphatic carbocycles. The number of amidine groups is 1. The van der Waals surface area contributed by atoms with Gasteiger partial charge in [0.25, 0.3) is 5.91 Å². The van der Waals surface area contributed by atoms with Crippen LogP contribution in [-0.4, -0.2) is 31.9 Å². The van der Waals surface area contributed by atoms with Crippen LogP contribution in [0.4, 0.5) is 5.69 Å². The van der Waals surface area contributed by atoms with E-state index in [1.54, 1.807) is 43.5 Å². The molecule has 0 aromatic heterocycles. The third-order valence-corrected chi connectivity index (χ3v) is 4.64. The van der Waals surface area contributed by atoms with Crippen molar-refractivity contribution >= 4 is 34.6 Å². The zero-order chi connectivity index (χ0) is 19.9. The van der Waals surface area contributed by atoms with Gasteiger partial charge in [-0.2, -0.15) is 5.26 Å². The van der Waals surface area contributed by atoms with Gasteiger partial charge in [0.15, 0.2) is 23.3 Å². The van der Waals surface area contributed by atoms with Crippen LogP contribution in [0.15, 0.2) is 52.4 Å². The summed E-state index contributed by atoms with van der Waals surface area (Å²) >= 11 is 1.25. The molecule has 3 rings (SSSR count). The molecule has 1 N–H and O–H groups in total. The van der Waals surface area contributed by atoms with E-state index in [4.69, 9.17) is 19.5 Å². The van der Waals surface area contributed by atoms with Gasteiger partial charge in [-0.15, -0.1) is 0 Å². The Morgan fingerprint density at radius 1 is 1.14 bits per heavy atom. The molecule has 142 valence electrons. The highest BCUT2D eigenvalue weighted by Crippen LogP contribution is 2.32. The predicted octanol–water partition coefficient (Wildman–Crippen LogP) is 3.50. The van der Waals surface area contributed by atoms with Crippen LogP contribution in [0.25, 0.3) is 6.08 Å². The van der Waals surface area contributed by atoms with Crippen LogP contribution in [0.1, 0.15) is 5.56 Å². The molecule has 1 aliphatic rings. The molecule has 8 heteroatoms. The summed E-state index contributed by atoms with van der Waals surface area (Å²) in [7, 11) is 3.12. The van der Waals surface area contributed by atoms with Crippen LogP contribution in [-0.2, 0) is 4.79 Å². The first kappa shape index (κ1) is 19.3. The highest BCUT2D eigenvalue weighted by atomic mass is 32.2. The number of thioether (sulfide) groups is 1. The second-order valence-corrected chi connectivity index (χ2v) is 6.57. The number of hydrogen-bond acceptors (Lipinski definition) is 7. The minimum absolute atomic E-state index is 0.0692. The maximum atomic E-state index is 12.2. The van der Waals surface area contributed by atoms with Gasteiger partial charge in [-0.3, -0.25) is 4.79 Å². The molecule has 0 saturated carbocycles. The fourth-order valence-electron chi connectivity index (χ4n) is 2.41. The number of carbonyl (C=O) groups excluding carboxylic acids is 1. The van der Waals surface area contributed by atoms with Gasteiger partial charge < -0.3 is 19.5 Å². The summed E-state index contributed by atoms with van der Waals surface area (Å²) in [6.07, 6.45) is 1.74. The Hall–Kier alpha value is -3.44. The van der Waals surface area contributed by atoms with Gasteiger partial charge in [-0.05, 0) is 59.8 Å². The average Bonchev–Trinajstić information content (AvgIpc) is 3.06. The molecule has 0 atom stereocenters. The van der Waals surface area contributed by atoms with E-state index in [9.17, 15) is 4.79 Å². The van der Waals surface area contributed by atoms with Gasteiger partial charge in [0.1, 0.15) is 11.8 Å². The maximum Gasteiger partial charge on any atom is 0.264 e. The van der Waals surface area contributed by atoms with Crippen molar-refractivity contribution in [2.75, 3.05) is 20.8 Å². The second kappa shape index (κ2) is 8.97. The highest BCUT2D eigenvalue weighted by Gasteiger charge is 2.24. The first-order chi connectivity index (χ1) is 13.6. The Labute approximate surface area is 166 Å². The van der Waals surface area contributed by atoms with Gasteiger partial charge >= 0.3 is 0 Å². The quantitative estimate of drug-likeness (QED) is 0.753. The summed E-state index contributed by atoms with van der Waals surface area (Å²) in [4.78, 5) is 17.2. The third kappa shape index (κ3) is 4.64. The molecule has 2 aromatic carbocycles. The smallest absolute Gasteiger partial charge is 0.264 e. The van der Waals surface area contributed by atoms with Gasteiger partial charge in [0.2, 0.25) is 0 Å². The minimum Gasteiger partial charge on any atom is -0.497 e. The van der Waals surface area contributed by atoms with Crippen molar-refractivity contribution in [1.82, 2.24) is 5.32 Å². The first-order valence-electron chi connectivity index (χ1n) is 8.24. The lowest BCUT2D eigenvalue weighted by atomic mass is 10.2. The molecule has 0 spiro atoms. The SMILES string of the molecule is COc1ccc(N=C2NC(=O)C(=Cc3ccc(OCC#N)c(OC)c3)S2)cc1. The van der Waals surface area contributed by atoms with E-state index in [0.717, 1.165) is 11.3 Å². The Bertz CT molecular complexity index is 978. The molecule has 0 bridgehead atoms. The number of benzene rings is 2. The summed E-state index contributed by atoms with van der Waals surface area (Å²) < 4.78 is 15.7. The van der Waals surface area contributed by atoms with Crippen LogP contribution in [0, 0.1) is 11.3 Å². The van der Waals surface area contributed by atoms with Crippen molar-refractivity contribution in [1.29, 1.82) is 5.26 Å². The first-order valence-corrected chi connectivity index (χ1v) is 9.06. The van der Waals surface area contributed by atoms with E-state index < -0.39 is 0 Å². The van der Waals surface area contributed by atoms with Gasteiger partial charge in [0.05, 0.1) is 24.8 Å². The fraction of sp³-hybridized carbons (Fsp3) is 0.150. The third-order valence-electron chi connectivity index (χ3n) is 3.73. The molecule has 1 saturated heterocycles. The standard InChI is InChI=1S/C20H17N3O4S/c1-25-15-6-4-14(5-7-15)22-20-23-19(24)18(28-20)12-13-3-8-16(27-10-9-21)17(11-13)26-2/h3-8,11-12H,10H2,1-2H3,(H,22,23,24). The van der Waals surface area contributed by atoms with Crippen molar-refractivity contribution in [2.24, 2.45) is 4.99 Å². The summed E-state index contributed by atoms with van der Waals surface area (Å²) in [5.41, 5.74) is 1.48. The Morgan fingerprint density at radius 3 is 2.61 bits per heavy atom. The number of aliphatic imine (C=N–C) groups is 1. The largest absolute Gasteiger partial charge is 0.497 e. The average molecular weight is 395 g/mol. The van der Waals surface area contributed by atoms with Gasteiger partial charge in [-0.1, -0.05) is 6.07 Å². The Balaban J connectivity index is 1.78. The van der Waals surface area contributed by atoms with Gasteiger partial charge in [0, 0.05) is 0 Å². The molecule has 0 radical (unpaired) electrons. The molecular formula is C20H17N3O4S. The lowest BCUT2D eigenvalue weighted by Crippen LogP contribution is -2.19. The summed E-state index contributed by atoms with van der Waals surface area (Å²) in [6.45, 7) is -0.0692. The number of rotatable bonds is 6. The van der Waals surface area contributed by atoms with Crippen molar-refractivity contribution in [2.45, 2.75) is 0 Å². The van der Waals surface area contributed by atoms with Crippen LogP contribution in [0.2, 0.25) is 0 Å². The predicted molar refractivity (Wildman–Crippen MR) is 108 cm³/mol. The summed E-state index contributed by atoms with van der Waals surface area (Å²) in [5, 5.41) is 11.9. The van der Waals surface area contributed by atoms with E-state index in [0.29, 0.717) is 27.3 Å². The number of carbonyl (C=O) groups is 1. The van der Waals surface area contributed by atoms with Crippen molar-refractivity contribution in [3.63, 3.8) is 0 Å². The normalized spacial score (nSPS) is 16.0. The summed E-state index contributed by atoms with van der Waals surface area (Å²) in [6, 6.07) is 14.4. The van der Waals surface area contributed by atoms with Crippen LogP contribution in [0.5, 0.6) is 17.2 Å². The topological polar surface area (TPSA) is 92.9 Å². The van der Waals surface area contributed by atoms with Crippen molar-refractivity contribution < 1.29 is 19.0 Å². The van der Waals surface area contributed by atoms with E-state index in [-0.39, 0.29) is 12.5 Å². The monoisotopic (exact) mass is 395 g/mol. The molecule has 1 aliphatic heterocycles. The lowest BCUT2D eigenvalue weighted by Gasteiger charge is -2.08. The van der Waals surface area contributed by atoms with E-state index in [1.165, 1.54) is 18.9 Å². The van der Waals surface area contributed by atoms with Gasteiger partial charge in [-0.25, -0.2) is 4.99 Å². The number of nitriles is 1. The molecular weight excluding hydrogens is 378 g/mol.